The van der Waals surface area contributed by atoms with Gasteiger partial charge in [-0.3, -0.25) is 48.4 Å². The van der Waals surface area contributed by atoms with E-state index in [1.807, 2.05) is 71.6 Å². The highest BCUT2D eigenvalue weighted by Gasteiger charge is 2.29. The molecule has 10 aliphatic rings. The Morgan fingerprint density at radius 3 is 1.05 bits per heavy atom. The summed E-state index contributed by atoms with van der Waals surface area (Å²) >= 11 is 0. The third-order valence-electron chi connectivity index (χ3n) is 21.6. The largest absolute Gasteiger partial charge is 0.493 e. The molecule has 0 spiro atoms. The molecule has 0 atom stereocenters. The molecule has 0 N–H and O–H groups in total. The average Bonchev–Trinajstić information content (AvgIpc) is 1.75. The van der Waals surface area contributed by atoms with Gasteiger partial charge in [0.2, 0.25) is 6.79 Å². The van der Waals surface area contributed by atoms with E-state index in [-0.39, 0.29) is 41.6 Å². The molecule has 564 valence electrons. The molecule has 0 aromatic heterocycles. The van der Waals surface area contributed by atoms with Gasteiger partial charge in [-0.05, 0) is 152 Å². The minimum atomic E-state index is 0.0307. The van der Waals surface area contributed by atoms with Gasteiger partial charge in [0.1, 0.15) is 37.9 Å². The van der Waals surface area contributed by atoms with Crippen LogP contribution in [0.3, 0.4) is 0 Å². The van der Waals surface area contributed by atoms with Crippen molar-refractivity contribution in [1.82, 2.24) is 24.5 Å². The topological polar surface area (TPSA) is 192 Å². The maximum absolute atomic E-state index is 12.6. The van der Waals surface area contributed by atoms with Crippen LogP contribution in [0.15, 0.2) is 212 Å². The second-order valence-corrected chi connectivity index (χ2v) is 29.2. The van der Waals surface area contributed by atoms with Crippen molar-refractivity contribution in [3.8, 4) is 46.0 Å². The molecule has 0 unspecified atom stereocenters. The zero-order valence-electron chi connectivity index (χ0n) is 62.0. The molecule has 0 bridgehead atoms. The fraction of sp³-hybridized carbons (Fsp3) is 0.283. The lowest BCUT2D eigenvalue weighted by atomic mass is 9.99. The Labute approximate surface area is 645 Å². The van der Waals surface area contributed by atoms with Crippen LogP contribution in [0, 0.1) is 0 Å². The van der Waals surface area contributed by atoms with Crippen LogP contribution in [0.1, 0.15) is 149 Å². The maximum Gasteiger partial charge on any atom is 0.254 e. The van der Waals surface area contributed by atoms with Gasteiger partial charge in [-0.15, -0.1) is 0 Å². The Balaban J connectivity index is 0.000000105. The molecule has 19 heteroatoms. The van der Waals surface area contributed by atoms with Crippen molar-refractivity contribution in [2.75, 3.05) is 72.6 Å². The Morgan fingerprint density at radius 2 is 0.586 bits per heavy atom. The van der Waals surface area contributed by atoms with Gasteiger partial charge in [-0.1, -0.05) is 121 Å². The molecule has 10 aliphatic heterocycles. The molecular formula is C92H87N5O14. The third-order valence-corrected chi connectivity index (χ3v) is 21.6. The maximum atomic E-state index is 12.6. The van der Waals surface area contributed by atoms with Gasteiger partial charge < -0.3 is 42.8 Å². The molecule has 0 saturated heterocycles. The zero-order chi connectivity index (χ0) is 75.6. The van der Waals surface area contributed by atoms with Crippen molar-refractivity contribution in [2.24, 2.45) is 0 Å². The van der Waals surface area contributed by atoms with E-state index in [2.05, 4.69) is 117 Å². The Kier molecular flexibility index (Phi) is 22.5. The molecular weight excluding hydrogens is 1400 g/mol. The summed E-state index contributed by atoms with van der Waals surface area (Å²) in [5, 5.41) is 0. The van der Waals surface area contributed by atoms with E-state index in [1.54, 1.807) is 48.5 Å². The van der Waals surface area contributed by atoms with E-state index in [1.165, 1.54) is 61.2 Å². The second kappa shape index (κ2) is 34.0. The number of ether oxygens (including phenoxy) is 8. The van der Waals surface area contributed by atoms with Gasteiger partial charge in [0, 0.05) is 145 Å². The molecule has 20 rings (SSSR count). The fourth-order valence-electron chi connectivity index (χ4n) is 15.6. The van der Waals surface area contributed by atoms with Crippen LogP contribution in [0.2, 0.25) is 0 Å². The highest BCUT2D eigenvalue weighted by atomic mass is 16.7. The summed E-state index contributed by atoms with van der Waals surface area (Å²) in [6.45, 7) is 14.9. The van der Waals surface area contributed by atoms with Crippen molar-refractivity contribution in [3.63, 3.8) is 0 Å². The lowest BCUT2D eigenvalue weighted by molar-refractivity contribution is 0.0749. The SMILES string of the molecule is O=C(CCN1Cc2ccccc2C1)c1ccc2c(c1)C(=O)CCO2.O=C(CCN1Cc2ccccc2C1)c1ccc2c(c1)CCO2.O=C(CCN1Cc2ccccc2C1)c1ccc2c(c1)OCO2.O=C(CN1Cc2ccccc2C1)c1ccc2c(c1)OCCO2.O=C(c1ccc2c(c1)OCCO2)N1Cc2ccccc2C1. The first-order chi connectivity index (χ1) is 54.4. The van der Waals surface area contributed by atoms with Gasteiger partial charge in [0.25, 0.3) is 5.91 Å². The normalized spacial score (nSPS) is 16.1. The van der Waals surface area contributed by atoms with E-state index in [0.717, 1.165) is 102 Å². The quantitative estimate of drug-likeness (QED) is 0.0829. The average molecular weight is 1490 g/mol. The monoisotopic (exact) mass is 1490 g/mol. The number of carbonyl (C=O) groups excluding carboxylic acids is 6. The fourth-order valence-corrected chi connectivity index (χ4v) is 15.6. The molecule has 0 fully saturated rings. The van der Waals surface area contributed by atoms with Gasteiger partial charge in [-0.2, -0.15) is 0 Å². The summed E-state index contributed by atoms with van der Waals surface area (Å²) in [6, 6.07) is 69.2. The highest BCUT2D eigenvalue weighted by molar-refractivity contribution is 6.04. The van der Waals surface area contributed by atoms with Crippen molar-refractivity contribution in [2.45, 2.75) is 97.6 Å². The third kappa shape index (κ3) is 17.6. The summed E-state index contributed by atoms with van der Waals surface area (Å²) in [5.41, 5.74) is 18.5. The zero-order valence-corrected chi connectivity index (χ0v) is 62.0. The van der Waals surface area contributed by atoms with E-state index in [9.17, 15) is 28.8 Å². The van der Waals surface area contributed by atoms with Crippen LogP contribution in [0.25, 0.3) is 0 Å². The van der Waals surface area contributed by atoms with E-state index in [0.29, 0.717) is 141 Å². The van der Waals surface area contributed by atoms with Gasteiger partial charge in [0.15, 0.2) is 63.4 Å². The van der Waals surface area contributed by atoms with Crippen LogP contribution in [-0.4, -0.2) is 132 Å². The molecule has 0 radical (unpaired) electrons. The van der Waals surface area contributed by atoms with E-state index >= 15 is 0 Å². The van der Waals surface area contributed by atoms with Crippen LogP contribution in [0.4, 0.5) is 0 Å². The molecule has 0 saturated carbocycles. The molecule has 0 aliphatic carbocycles. The van der Waals surface area contributed by atoms with Gasteiger partial charge in [-0.25, -0.2) is 0 Å². The number of benzene rings is 10. The summed E-state index contributed by atoms with van der Waals surface area (Å²) in [7, 11) is 0. The number of rotatable bonds is 16. The first-order valence-corrected chi connectivity index (χ1v) is 38.3. The summed E-state index contributed by atoms with van der Waals surface area (Å²) in [5.74, 6) is 6.32. The first kappa shape index (κ1) is 73.4. The molecule has 19 nitrogen and oxygen atoms in total. The minimum Gasteiger partial charge on any atom is -0.493 e. The van der Waals surface area contributed by atoms with Crippen LogP contribution >= 0.6 is 0 Å². The Bertz CT molecular complexity index is 4920. The molecule has 111 heavy (non-hydrogen) atoms. The summed E-state index contributed by atoms with van der Waals surface area (Å²) < 4.78 is 43.6. The predicted molar refractivity (Wildman–Crippen MR) is 417 cm³/mol. The van der Waals surface area contributed by atoms with E-state index < -0.39 is 0 Å². The molecule has 10 aromatic rings. The van der Waals surface area contributed by atoms with Crippen molar-refractivity contribution in [1.29, 1.82) is 0 Å². The number of amides is 1. The standard InChI is InChI=1S/C20H19NO3.C19H19NO2.2C18H17NO3.C17H15NO3/c22-18(7-9-21-12-15-3-1-2-4-16(15)13-21)14-5-6-20-17(11-14)19(23)8-10-24-20;21-18(14-5-6-19-15(11-14)8-10-22-19)7-9-20-12-16-3-1-2-4-17(16)13-20;20-16(12-19-10-14-3-1-2-4-15(14)11-19)13-5-6-17-18(9-13)22-8-7-21-17;20-16(13-5-6-17-18(9-13)22-12-21-17)7-8-19-10-14-3-1-2-4-15(14)11-19;19-17(18-10-13-3-1-2-4-14(13)11-18)12-5-6-15-16(9-12)21-8-7-20-15/h1-6,11H,7-10,12-13H2;1-6,11H,7-10,12-13H2;2*1-6,9H,7-8,10-12H2;1-6,9H,7-8,10-11H2. The highest BCUT2D eigenvalue weighted by Crippen LogP contribution is 2.37. The van der Waals surface area contributed by atoms with E-state index in [4.69, 9.17) is 37.9 Å². The van der Waals surface area contributed by atoms with Crippen LogP contribution in [-0.2, 0) is 71.9 Å². The van der Waals surface area contributed by atoms with Crippen molar-refractivity contribution in [3.05, 3.63) is 307 Å². The number of hydrogen-bond donors (Lipinski definition) is 0. The number of fused-ring (bicyclic) bond motifs is 10. The van der Waals surface area contributed by atoms with Crippen molar-refractivity contribution >= 4 is 34.8 Å². The Hall–Kier alpha value is -11.7. The lowest BCUT2D eigenvalue weighted by Gasteiger charge is -2.20. The number of nitrogens with zero attached hydrogens (tertiary/aromatic N) is 5. The summed E-state index contributed by atoms with van der Waals surface area (Å²) in [4.78, 5) is 85.3. The van der Waals surface area contributed by atoms with Crippen LogP contribution in [0.5, 0.6) is 46.0 Å². The molecule has 1 amide bonds. The van der Waals surface area contributed by atoms with Crippen LogP contribution < -0.4 is 37.9 Å². The minimum absolute atomic E-state index is 0.0307. The number of ketones is 5. The van der Waals surface area contributed by atoms with Gasteiger partial charge >= 0.3 is 0 Å². The van der Waals surface area contributed by atoms with Crippen molar-refractivity contribution < 1.29 is 66.7 Å². The smallest absolute Gasteiger partial charge is 0.254 e. The first-order valence-electron chi connectivity index (χ1n) is 38.3. The number of Topliss-reactive ketones (excluding diaryl/α,β-unsaturated/α-hetero) is 5. The molecule has 10 heterocycles. The second-order valence-electron chi connectivity index (χ2n) is 29.2. The predicted octanol–water partition coefficient (Wildman–Crippen LogP) is 14.7. The number of hydrogen-bond acceptors (Lipinski definition) is 18. The summed E-state index contributed by atoms with van der Waals surface area (Å²) in [6.07, 6.45) is 2.86. The lowest BCUT2D eigenvalue weighted by Crippen LogP contribution is -2.25. The van der Waals surface area contributed by atoms with Gasteiger partial charge in [0.05, 0.1) is 25.3 Å². The number of carbonyl (C=O) groups is 6. The molecule has 10 aromatic carbocycles. The Morgan fingerprint density at radius 1 is 0.270 bits per heavy atom.